The lowest BCUT2D eigenvalue weighted by molar-refractivity contribution is -0.119. The number of aromatic nitrogens is 4. The van der Waals surface area contributed by atoms with E-state index in [1.807, 2.05) is 0 Å². The van der Waals surface area contributed by atoms with Crippen molar-refractivity contribution in [1.82, 2.24) is 19.2 Å². The molecule has 11 nitrogen and oxygen atoms in total. The van der Waals surface area contributed by atoms with Crippen molar-refractivity contribution in [2.75, 3.05) is 13.7 Å². The summed E-state index contributed by atoms with van der Waals surface area (Å²) in [6, 6.07) is 6.18. The predicted octanol–water partition coefficient (Wildman–Crippen LogP) is 0.872. The summed E-state index contributed by atoms with van der Waals surface area (Å²) in [6.45, 7) is -0.481. The van der Waals surface area contributed by atoms with Crippen LogP contribution in [0, 0.1) is 0 Å². The van der Waals surface area contributed by atoms with Crippen molar-refractivity contribution in [2.45, 2.75) is 6.61 Å². The lowest BCUT2D eigenvalue weighted by Crippen LogP contribution is -2.20. The maximum absolute atomic E-state index is 12.6. The smallest absolute Gasteiger partial charge is 0.338 e. The van der Waals surface area contributed by atoms with Crippen molar-refractivity contribution in [2.24, 2.45) is 12.8 Å². The lowest BCUT2D eigenvalue weighted by atomic mass is 10.2. The standard InChI is InChI=1S/C19H17N5O6S/c1-23-17(26)16-11(5-6-31-16)24-15(21-22-19(23)24)9-30-18(27)10-3-4-12(13(7-10)28-2)29-8-14(20)25/h3-7H,8-9H2,1-2H3,(H2,20,25). The number of carbonyl (C=O) groups excluding carboxylic acids is 2. The van der Waals surface area contributed by atoms with Crippen LogP contribution in [0.5, 0.6) is 11.5 Å². The van der Waals surface area contributed by atoms with Crippen molar-refractivity contribution < 1.29 is 23.8 Å². The van der Waals surface area contributed by atoms with Crippen LogP contribution in [0.3, 0.4) is 0 Å². The first kappa shape index (κ1) is 20.3. The second-order valence-electron chi connectivity index (χ2n) is 6.45. The monoisotopic (exact) mass is 443 g/mol. The van der Waals surface area contributed by atoms with Gasteiger partial charge in [-0.3, -0.25) is 18.6 Å². The van der Waals surface area contributed by atoms with Crippen molar-refractivity contribution in [3.05, 3.63) is 51.4 Å². The Balaban J connectivity index is 1.57. The van der Waals surface area contributed by atoms with Crippen LogP contribution in [0.15, 0.2) is 34.4 Å². The molecule has 4 rings (SSSR count). The van der Waals surface area contributed by atoms with Gasteiger partial charge in [-0.2, -0.15) is 0 Å². The Morgan fingerprint density at radius 3 is 2.74 bits per heavy atom. The number of hydrogen-bond acceptors (Lipinski definition) is 9. The van der Waals surface area contributed by atoms with E-state index in [2.05, 4.69) is 10.2 Å². The maximum Gasteiger partial charge on any atom is 0.338 e. The van der Waals surface area contributed by atoms with Crippen molar-refractivity contribution in [3.8, 4) is 11.5 Å². The number of carbonyl (C=O) groups is 2. The van der Waals surface area contributed by atoms with Gasteiger partial charge in [0.15, 0.2) is 30.5 Å². The molecular weight excluding hydrogens is 426 g/mol. The fraction of sp³-hybridized carbons (Fsp3) is 0.211. The summed E-state index contributed by atoms with van der Waals surface area (Å²) < 4.78 is 19.5. The van der Waals surface area contributed by atoms with Gasteiger partial charge in [0.2, 0.25) is 5.78 Å². The summed E-state index contributed by atoms with van der Waals surface area (Å²) in [7, 11) is 3.01. The number of esters is 1. The van der Waals surface area contributed by atoms with Gasteiger partial charge in [-0.05, 0) is 29.6 Å². The molecular formula is C19H17N5O6S. The molecule has 0 radical (unpaired) electrons. The van der Waals surface area contributed by atoms with E-state index < -0.39 is 11.9 Å². The summed E-state index contributed by atoms with van der Waals surface area (Å²) in [5.41, 5.74) is 5.77. The number of ether oxygens (including phenoxy) is 3. The molecule has 0 bridgehead atoms. The predicted molar refractivity (Wildman–Crippen MR) is 110 cm³/mol. The molecule has 1 amide bonds. The average molecular weight is 443 g/mol. The van der Waals surface area contributed by atoms with Gasteiger partial charge in [0.05, 0.1) is 18.2 Å². The number of primary amides is 1. The molecule has 1 aromatic carbocycles. The van der Waals surface area contributed by atoms with E-state index in [1.54, 1.807) is 22.9 Å². The van der Waals surface area contributed by atoms with E-state index in [-0.39, 0.29) is 35.8 Å². The number of rotatable bonds is 7. The van der Waals surface area contributed by atoms with Crippen LogP contribution in [0.25, 0.3) is 16.0 Å². The Labute approximate surface area is 178 Å². The van der Waals surface area contributed by atoms with Gasteiger partial charge in [-0.15, -0.1) is 21.5 Å². The highest BCUT2D eigenvalue weighted by Crippen LogP contribution is 2.28. The molecule has 0 aliphatic rings. The fourth-order valence-corrected chi connectivity index (χ4v) is 3.87. The molecule has 0 aliphatic heterocycles. The molecule has 160 valence electrons. The SMILES string of the molecule is COc1cc(C(=O)OCc2nnc3n(C)c(=O)c4sccc4n23)ccc1OCC(N)=O. The van der Waals surface area contributed by atoms with E-state index in [0.29, 0.717) is 21.8 Å². The average Bonchev–Trinajstić information content (AvgIpc) is 3.41. The molecule has 0 fully saturated rings. The number of hydrogen-bond donors (Lipinski definition) is 1. The molecule has 0 saturated carbocycles. The van der Waals surface area contributed by atoms with Gasteiger partial charge in [-0.25, -0.2) is 4.79 Å². The Bertz CT molecular complexity index is 1370. The van der Waals surface area contributed by atoms with Crippen molar-refractivity contribution >= 4 is 39.2 Å². The highest BCUT2D eigenvalue weighted by Gasteiger charge is 2.18. The van der Waals surface area contributed by atoms with Gasteiger partial charge in [0.25, 0.3) is 11.5 Å². The van der Waals surface area contributed by atoms with Crippen LogP contribution in [0.1, 0.15) is 16.2 Å². The third-order valence-electron chi connectivity index (χ3n) is 4.50. The number of nitrogens with two attached hydrogens (primary N) is 1. The molecule has 12 heteroatoms. The highest BCUT2D eigenvalue weighted by atomic mass is 32.1. The van der Waals surface area contributed by atoms with Gasteiger partial charge in [0, 0.05) is 7.05 Å². The number of thiophene rings is 1. The normalized spacial score (nSPS) is 11.0. The minimum absolute atomic E-state index is 0.161. The molecule has 0 unspecified atom stereocenters. The molecule has 3 heterocycles. The molecule has 0 atom stereocenters. The molecule has 0 aliphatic carbocycles. The zero-order valence-electron chi connectivity index (χ0n) is 16.5. The molecule has 2 N–H and O–H groups in total. The largest absolute Gasteiger partial charge is 0.493 e. The summed E-state index contributed by atoms with van der Waals surface area (Å²) in [4.78, 5) is 35.8. The second kappa shape index (κ2) is 8.07. The Kier molecular flexibility index (Phi) is 5.29. The van der Waals surface area contributed by atoms with Gasteiger partial charge >= 0.3 is 5.97 Å². The number of amides is 1. The number of aryl methyl sites for hydroxylation is 1. The summed E-state index contributed by atoms with van der Waals surface area (Å²) in [6.07, 6.45) is 0. The summed E-state index contributed by atoms with van der Waals surface area (Å²) >= 11 is 1.32. The maximum atomic E-state index is 12.6. The molecule has 3 aromatic heterocycles. The van der Waals surface area contributed by atoms with Crippen LogP contribution in [0.4, 0.5) is 0 Å². The highest BCUT2D eigenvalue weighted by molar-refractivity contribution is 7.17. The second-order valence-corrected chi connectivity index (χ2v) is 7.36. The molecule has 4 aromatic rings. The van der Waals surface area contributed by atoms with Crippen molar-refractivity contribution in [1.29, 1.82) is 0 Å². The Morgan fingerprint density at radius 2 is 2.00 bits per heavy atom. The number of nitrogens with zero attached hydrogens (tertiary/aromatic N) is 4. The van der Waals surface area contributed by atoms with Crippen LogP contribution in [-0.4, -0.2) is 44.8 Å². The first-order valence-corrected chi connectivity index (χ1v) is 9.85. The first-order chi connectivity index (χ1) is 14.9. The third-order valence-corrected chi connectivity index (χ3v) is 5.39. The molecule has 0 spiro atoms. The van der Waals surface area contributed by atoms with Gasteiger partial charge in [0.1, 0.15) is 4.70 Å². The number of methoxy groups -OCH3 is 1. The topological polar surface area (TPSA) is 140 Å². The van der Waals surface area contributed by atoms with Crippen LogP contribution < -0.4 is 20.8 Å². The van der Waals surface area contributed by atoms with E-state index in [9.17, 15) is 14.4 Å². The van der Waals surface area contributed by atoms with Crippen LogP contribution in [0.2, 0.25) is 0 Å². The van der Waals surface area contributed by atoms with Crippen molar-refractivity contribution in [3.63, 3.8) is 0 Å². The summed E-state index contributed by atoms with van der Waals surface area (Å²) in [5, 5.41) is 9.92. The van der Waals surface area contributed by atoms with Crippen LogP contribution in [-0.2, 0) is 23.2 Å². The molecule has 31 heavy (non-hydrogen) atoms. The Hall–Kier alpha value is -3.93. The minimum atomic E-state index is -0.636. The third kappa shape index (κ3) is 3.68. The van der Waals surface area contributed by atoms with E-state index in [0.717, 1.165) is 0 Å². The quantitative estimate of drug-likeness (QED) is 0.415. The lowest BCUT2D eigenvalue weighted by Gasteiger charge is -2.11. The van der Waals surface area contributed by atoms with E-state index >= 15 is 0 Å². The Morgan fingerprint density at radius 1 is 1.19 bits per heavy atom. The minimum Gasteiger partial charge on any atom is -0.493 e. The van der Waals surface area contributed by atoms with E-state index in [4.69, 9.17) is 19.9 Å². The molecule has 0 saturated heterocycles. The first-order valence-electron chi connectivity index (χ1n) is 8.97. The van der Waals surface area contributed by atoms with Gasteiger partial charge in [-0.1, -0.05) is 0 Å². The van der Waals surface area contributed by atoms with Crippen LogP contribution >= 0.6 is 11.3 Å². The number of benzene rings is 1. The zero-order valence-corrected chi connectivity index (χ0v) is 17.3. The number of fused-ring (bicyclic) bond motifs is 3. The van der Waals surface area contributed by atoms with E-state index in [1.165, 1.54) is 41.2 Å². The fourth-order valence-electron chi connectivity index (χ4n) is 3.02. The zero-order chi connectivity index (χ0) is 22.1. The van der Waals surface area contributed by atoms with Gasteiger partial charge < -0.3 is 19.9 Å². The summed E-state index contributed by atoms with van der Waals surface area (Å²) in [5.74, 6) is -0.0258.